The molecule has 0 aromatic heterocycles. The molecule has 0 saturated heterocycles. The van der Waals surface area contributed by atoms with Crippen molar-refractivity contribution in [2.24, 2.45) is 0 Å². The van der Waals surface area contributed by atoms with E-state index < -0.39 is 37.7 Å². The fourth-order valence-corrected chi connectivity index (χ4v) is 6.55. The zero-order valence-corrected chi connectivity index (χ0v) is 18.6. The molecule has 29 heavy (non-hydrogen) atoms. The van der Waals surface area contributed by atoms with Crippen LogP contribution >= 0.6 is 11.6 Å². The molecule has 2 nitrogen and oxygen atoms in total. The van der Waals surface area contributed by atoms with Crippen LogP contribution in [0.3, 0.4) is 0 Å². The Kier molecular flexibility index (Phi) is 8.69. The van der Waals surface area contributed by atoms with Gasteiger partial charge in [0.1, 0.15) is 23.3 Å². The van der Waals surface area contributed by atoms with Gasteiger partial charge in [-0.05, 0) is 41.9 Å². The topological polar surface area (TPSA) is 21.3 Å². The van der Waals surface area contributed by atoms with Crippen LogP contribution in [0.15, 0.2) is 30.3 Å². The van der Waals surface area contributed by atoms with Crippen molar-refractivity contribution >= 4 is 19.9 Å². The SMILES string of the molecule is CC[Si](CC)(CC)OC(CNCc1cc(F)cc(F)c1)c1c(F)cc(F)cc1Cl. The van der Waals surface area contributed by atoms with Crippen molar-refractivity contribution < 1.29 is 22.0 Å². The molecule has 0 amide bonds. The molecule has 2 aromatic rings. The lowest BCUT2D eigenvalue weighted by molar-refractivity contribution is 0.181. The van der Waals surface area contributed by atoms with Gasteiger partial charge in [0.2, 0.25) is 0 Å². The summed E-state index contributed by atoms with van der Waals surface area (Å²) in [6.45, 7) is 6.45. The van der Waals surface area contributed by atoms with E-state index in [0.29, 0.717) is 5.56 Å². The minimum atomic E-state index is -2.15. The number of rotatable bonds is 10. The van der Waals surface area contributed by atoms with Crippen molar-refractivity contribution in [1.82, 2.24) is 5.32 Å². The smallest absolute Gasteiger partial charge is 0.192 e. The maximum absolute atomic E-state index is 14.6. The molecule has 1 N–H and O–H groups in total. The highest BCUT2D eigenvalue weighted by Crippen LogP contribution is 2.34. The Morgan fingerprint density at radius 1 is 0.897 bits per heavy atom. The Morgan fingerprint density at radius 3 is 1.97 bits per heavy atom. The molecular weight excluding hydrogens is 422 g/mol. The summed E-state index contributed by atoms with van der Waals surface area (Å²) in [5.41, 5.74) is 0.509. The van der Waals surface area contributed by atoms with Crippen LogP contribution in [-0.4, -0.2) is 14.9 Å². The lowest BCUT2D eigenvalue weighted by Gasteiger charge is -2.34. The predicted molar refractivity (Wildman–Crippen MR) is 110 cm³/mol. The van der Waals surface area contributed by atoms with Crippen molar-refractivity contribution in [3.8, 4) is 0 Å². The summed E-state index contributed by atoms with van der Waals surface area (Å²) in [6, 6.07) is 7.61. The van der Waals surface area contributed by atoms with Gasteiger partial charge in [-0.1, -0.05) is 32.4 Å². The standard InChI is InChI=1S/C21H26ClF4NOSi/c1-4-29(5-2,6-3)28-20(21-18(22)10-17(25)11-19(21)26)13-27-12-14-7-15(23)9-16(24)8-14/h7-11,20,27H,4-6,12-13H2,1-3H3. The van der Waals surface area contributed by atoms with E-state index in [0.717, 1.165) is 36.3 Å². The van der Waals surface area contributed by atoms with Gasteiger partial charge in [-0.2, -0.15) is 0 Å². The van der Waals surface area contributed by atoms with Gasteiger partial charge in [0, 0.05) is 30.8 Å². The minimum absolute atomic E-state index is 0.0442. The highest BCUT2D eigenvalue weighted by molar-refractivity contribution is 6.73. The van der Waals surface area contributed by atoms with Crippen molar-refractivity contribution in [3.05, 3.63) is 69.8 Å². The average Bonchev–Trinajstić information content (AvgIpc) is 2.64. The molecule has 160 valence electrons. The van der Waals surface area contributed by atoms with E-state index in [9.17, 15) is 17.6 Å². The monoisotopic (exact) mass is 447 g/mol. The second-order valence-electron chi connectivity index (χ2n) is 7.04. The van der Waals surface area contributed by atoms with Gasteiger partial charge < -0.3 is 9.74 Å². The maximum Gasteiger partial charge on any atom is 0.192 e. The van der Waals surface area contributed by atoms with Crippen molar-refractivity contribution in [2.75, 3.05) is 6.54 Å². The third-order valence-electron chi connectivity index (χ3n) is 5.27. The predicted octanol–water partition coefficient (Wildman–Crippen LogP) is 6.75. The normalized spacial score (nSPS) is 13.0. The summed E-state index contributed by atoms with van der Waals surface area (Å²) in [4.78, 5) is 0. The molecule has 0 saturated carbocycles. The zero-order valence-electron chi connectivity index (χ0n) is 16.8. The first kappa shape index (κ1) is 23.9. The van der Waals surface area contributed by atoms with E-state index in [1.807, 2.05) is 20.8 Å². The van der Waals surface area contributed by atoms with Gasteiger partial charge in [0.25, 0.3) is 0 Å². The largest absolute Gasteiger partial charge is 0.408 e. The molecule has 0 aliphatic rings. The highest BCUT2D eigenvalue weighted by Gasteiger charge is 2.34. The van der Waals surface area contributed by atoms with Crippen LogP contribution in [0.5, 0.6) is 0 Å². The van der Waals surface area contributed by atoms with Gasteiger partial charge in [0.15, 0.2) is 8.32 Å². The lowest BCUT2D eigenvalue weighted by Crippen LogP contribution is -2.40. The third kappa shape index (κ3) is 6.28. The number of hydrogen-bond acceptors (Lipinski definition) is 2. The third-order valence-corrected chi connectivity index (χ3v) is 10.2. The van der Waals surface area contributed by atoms with E-state index in [2.05, 4.69) is 5.32 Å². The number of halogens is 5. The maximum atomic E-state index is 14.6. The summed E-state index contributed by atoms with van der Waals surface area (Å²) < 4.78 is 61.3. The first-order valence-electron chi connectivity index (χ1n) is 9.71. The molecule has 2 rings (SSSR count). The Hall–Kier alpha value is -1.41. The molecule has 0 fully saturated rings. The van der Waals surface area contributed by atoms with Crippen molar-refractivity contribution in [2.45, 2.75) is 51.6 Å². The van der Waals surface area contributed by atoms with E-state index in [4.69, 9.17) is 16.0 Å². The lowest BCUT2D eigenvalue weighted by atomic mass is 10.1. The number of benzene rings is 2. The fraction of sp³-hybridized carbons (Fsp3) is 0.429. The van der Waals surface area contributed by atoms with Gasteiger partial charge in [0.05, 0.1) is 11.1 Å². The van der Waals surface area contributed by atoms with Crippen LogP contribution in [0.25, 0.3) is 0 Å². The molecule has 0 aliphatic heterocycles. The molecule has 2 aromatic carbocycles. The Balaban J connectivity index is 2.27. The summed E-state index contributed by atoms with van der Waals surface area (Å²) in [7, 11) is -2.15. The van der Waals surface area contributed by atoms with Crippen LogP contribution in [0.4, 0.5) is 17.6 Å². The van der Waals surface area contributed by atoms with E-state index in [1.165, 1.54) is 12.1 Å². The molecule has 1 unspecified atom stereocenters. The fourth-order valence-electron chi connectivity index (χ4n) is 3.43. The van der Waals surface area contributed by atoms with Gasteiger partial charge in [-0.25, -0.2) is 17.6 Å². The summed E-state index contributed by atoms with van der Waals surface area (Å²) in [5.74, 6) is -2.87. The first-order valence-corrected chi connectivity index (χ1v) is 12.6. The number of nitrogens with one attached hydrogen (secondary N) is 1. The highest BCUT2D eigenvalue weighted by atomic mass is 35.5. The van der Waals surface area contributed by atoms with Crippen molar-refractivity contribution in [1.29, 1.82) is 0 Å². The average molecular weight is 448 g/mol. The second kappa shape index (κ2) is 10.6. The molecule has 0 heterocycles. The molecular formula is C21H26ClF4NOSi. The Morgan fingerprint density at radius 2 is 1.45 bits per heavy atom. The van der Waals surface area contributed by atoms with E-state index in [1.54, 1.807) is 0 Å². The minimum Gasteiger partial charge on any atom is -0.408 e. The molecule has 8 heteroatoms. The Labute approximate surface area is 175 Å². The van der Waals surface area contributed by atoms with Crippen LogP contribution in [0, 0.1) is 23.3 Å². The summed E-state index contributed by atoms with van der Waals surface area (Å²) in [5, 5.41) is 3.02. The van der Waals surface area contributed by atoms with Crippen LogP contribution in [0.1, 0.15) is 38.0 Å². The molecule has 0 bridgehead atoms. The van der Waals surface area contributed by atoms with Gasteiger partial charge in [-0.15, -0.1) is 0 Å². The quantitative estimate of drug-likeness (QED) is 0.321. The Bertz CT molecular complexity index is 781. The van der Waals surface area contributed by atoms with Gasteiger partial charge >= 0.3 is 0 Å². The van der Waals surface area contributed by atoms with Crippen LogP contribution in [-0.2, 0) is 11.0 Å². The molecule has 0 radical (unpaired) electrons. The zero-order chi connectivity index (χ0) is 21.6. The molecule has 0 spiro atoms. The van der Waals surface area contributed by atoms with E-state index >= 15 is 0 Å². The second-order valence-corrected chi connectivity index (χ2v) is 12.2. The van der Waals surface area contributed by atoms with Crippen molar-refractivity contribution in [3.63, 3.8) is 0 Å². The van der Waals surface area contributed by atoms with E-state index in [-0.39, 0.29) is 23.7 Å². The molecule has 0 aliphatic carbocycles. The van der Waals surface area contributed by atoms with Crippen LogP contribution in [0.2, 0.25) is 23.2 Å². The first-order chi connectivity index (χ1) is 13.7. The summed E-state index contributed by atoms with van der Waals surface area (Å²) >= 11 is 6.15. The number of hydrogen-bond donors (Lipinski definition) is 1. The van der Waals surface area contributed by atoms with Gasteiger partial charge in [-0.3, -0.25) is 0 Å². The molecule has 1 atom stereocenters. The summed E-state index contributed by atoms with van der Waals surface area (Å²) in [6.07, 6.45) is -0.743. The van der Waals surface area contributed by atoms with Crippen LogP contribution < -0.4 is 5.32 Å².